The Labute approximate surface area is 155 Å². The fourth-order valence-corrected chi connectivity index (χ4v) is 3.42. The van der Waals surface area contributed by atoms with Gasteiger partial charge in [0.2, 0.25) is 0 Å². The molecule has 26 heavy (non-hydrogen) atoms. The minimum Gasteiger partial charge on any atom is -0.497 e. The van der Waals surface area contributed by atoms with Gasteiger partial charge in [0.15, 0.2) is 16.6 Å². The number of anilines is 2. The van der Waals surface area contributed by atoms with Gasteiger partial charge in [-0.2, -0.15) is 0 Å². The summed E-state index contributed by atoms with van der Waals surface area (Å²) in [7, 11) is 3.25. The first-order valence-corrected chi connectivity index (χ1v) is 8.99. The molecule has 0 bridgehead atoms. The number of nitrogens with one attached hydrogen (secondary N) is 1. The predicted octanol–water partition coefficient (Wildman–Crippen LogP) is 4.34. The van der Waals surface area contributed by atoms with Crippen LogP contribution in [0.5, 0.6) is 23.0 Å². The Hall–Kier alpha value is -2.93. The van der Waals surface area contributed by atoms with E-state index < -0.39 is 0 Å². The predicted molar refractivity (Wildman–Crippen MR) is 101 cm³/mol. The summed E-state index contributed by atoms with van der Waals surface area (Å²) >= 11 is 1.52. The van der Waals surface area contributed by atoms with Crippen LogP contribution in [0.1, 0.15) is 0 Å². The largest absolute Gasteiger partial charge is 0.497 e. The Balaban J connectivity index is 1.57. The lowest BCUT2D eigenvalue weighted by molar-refractivity contribution is 0.171. The van der Waals surface area contributed by atoms with Gasteiger partial charge in [0, 0.05) is 17.0 Å². The van der Waals surface area contributed by atoms with Gasteiger partial charge in [0.25, 0.3) is 0 Å². The van der Waals surface area contributed by atoms with Gasteiger partial charge in [-0.25, -0.2) is 4.98 Å². The smallest absolute Gasteiger partial charge is 0.187 e. The van der Waals surface area contributed by atoms with E-state index in [-0.39, 0.29) is 0 Å². The Morgan fingerprint density at radius 2 is 1.85 bits per heavy atom. The van der Waals surface area contributed by atoms with Crippen molar-refractivity contribution in [2.75, 3.05) is 32.8 Å². The first-order chi connectivity index (χ1) is 12.8. The van der Waals surface area contributed by atoms with Crippen LogP contribution < -0.4 is 24.3 Å². The van der Waals surface area contributed by atoms with Gasteiger partial charge >= 0.3 is 0 Å². The number of ether oxygens (including phenoxy) is 4. The minimum absolute atomic E-state index is 0.567. The van der Waals surface area contributed by atoms with Gasteiger partial charge in [-0.15, -0.1) is 11.3 Å². The second-order valence-corrected chi connectivity index (χ2v) is 6.45. The molecule has 0 fully saturated rings. The third kappa shape index (κ3) is 3.25. The fraction of sp³-hybridized carbons (Fsp3) is 0.211. The second kappa shape index (κ2) is 7.13. The van der Waals surface area contributed by atoms with Crippen molar-refractivity contribution in [1.82, 2.24) is 4.98 Å². The highest BCUT2D eigenvalue weighted by atomic mass is 32.1. The van der Waals surface area contributed by atoms with Gasteiger partial charge in [-0.3, -0.25) is 0 Å². The summed E-state index contributed by atoms with van der Waals surface area (Å²) in [6.07, 6.45) is 0. The van der Waals surface area contributed by atoms with E-state index >= 15 is 0 Å². The van der Waals surface area contributed by atoms with Crippen molar-refractivity contribution in [3.8, 4) is 34.3 Å². The molecule has 0 unspecified atom stereocenters. The first kappa shape index (κ1) is 16.5. The Bertz CT molecular complexity index is 926. The molecule has 1 N–H and O–H groups in total. The SMILES string of the molecule is COc1ccc(Nc2nc(-c3ccc4c(c3)OCCO4)cs2)c(OC)c1. The van der Waals surface area contributed by atoms with Crippen LogP contribution in [0.15, 0.2) is 41.8 Å². The second-order valence-electron chi connectivity index (χ2n) is 5.59. The van der Waals surface area contributed by atoms with E-state index in [0.29, 0.717) is 19.0 Å². The molecule has 7 heteroatoms. The number of methoxy groups -OCH3 is 2. The maximum Gasteiger partial charge on any atom is 0.187 e. The Morgan fingerprint density at radius 3 is 2.65 bits per heavy atom. The lowest BCUT2D eigenvalue weighted by atomic mass is 10.1. The lowest BCUT2D eigenvalue weighted by Crippen LogP contribution is -2.15. The zero-order valence-electron chi connectivity index (χ0n) is 14.4. The van der Waals surface area contributed by atoms with E-state index in [2.05, 4.69) is 10.3 Å². The fourth-order valence-electron chi connectivity index (χ4n) is 2.68. The number of benzene rings is 2. The molecule has 1 aliphatic heterocycles. The van der Waals surface area contributed by atoms with Crippen LogP contribution in [0.4, 0.5) is 10.8 Å². The summed E-state index contributed by atoms with van der Waals surface area (Å²) in [5.74, 6) is 2.97. The van der Waals surface area contributed by atoms with Crippen LogP contribution in [0, 0.1) is 0 Å². The molecule has 2 aromatic carbocycles. The van der Waals surface area contributed by atoms with E-state index in [1.807, 2.05) is 41.8 Å². The van der Waals surface area contributed by atoms with E-state index in [9.17, 15) is 0 Å². The number of hydrogen-bond donors (Lipinski definition) is 1. The van der Waals surface area contributed by atoms with E-state index in [0.717, 1.165) is 39.3 Å². The highest BCUT2D eigenvalue weighted by Crippen LogP contribution is 2.37. The first-order valence-electron chi connectivity index (χ1n) is 8.11. The molecule has 0 atom stereocenters. The quantitative estimate of drug-likeness (QED) is 0.721. The standard InChI is InChI=1S/C19H18N2O4S/c1-22-13-4-5-14(17(10-13)23-2)20-19-21-15(11-26-19)12-3-6-16-18(9-12)25-8-7-24-16/h3-6,9-11H,7-8H2,1-2H3,(H,20,21). The number of rotatable bonds is 5. The van der Waals surface area contributed by atoms with Crippen LogP contribution >= 0.6 is 11.3 Å². The Morgan fingerprint density at radius 1 is 1.00 bits per heavy atom. The van der Waals surface area contributed by atoms with Crippen LogP contribution in [-0.4, -0.2) is 32.4 Å². The molecule has 0 radical (unpaired) electrons. The van der Waals surface area contributed by atoms with Gasteiger partial charge in [0.1, 0.15) is 24.7 Å². The number of fused-ring (bicyclic) bond motifs is 1. The molecular weight excluding hydrogens is 352 g/mol. The molecule has 1 aliphatic rings. The summed E-state index contributed by atoms with van der Waals surface area (Å²) < 4.78 is 21.9. The summed E-state index contributed by atoms with van der Waals surface area (Å²) in [4.78, 5) is 4.67. The van der Waals surface area contributed by atoms with Crippen LogP contribution in [-0.2, 0) is 0 Å². The lowest BCUT2D eigenvalue weighted by Gasteiger charge is -2.18. The van der Waals surface area contributed by atoms with Crippen molar-refractivity contribution >= 4 is 22.2 Å². The molecule has 134 valence electrons. The number of hydrogen-bond acceptors (Lipinski definition) is 7. The number of nitrogens with zero attached hydrogens (tertiary/aromatic N) is 1. The third-order valence-electron chi connectivity index (χ3n) is 3.99. The van der Waals surface area contributed by atoms with Gasteiger partial charge in [-0.1, -0.05) is 0 Å². The average molecular weight is 370 g/mol. The van der Waals surface area contributed by atoms with Gasteiger partial charge < -0.3 is 24.3 Å². The summed E-state index contributed by atoms with van der Waals surface area (Å²) in [6, 6.07) is 11.5. The van der Waals surface area contributed by atoms with Crippen LogP contribution in [0.25, 0.3) is 11.3 Å². The number of aromatic nitrogens is 1. The van der Waals surface area contributed by atoms with E-state index in [4.69, 9.17) is 18.9 Å². The average Bonchev–Trinajstić information content (AvgIpc) is 3.16. The van der Waals surface area contributed by atoms with Gasteiger partial charge in [-0.05, 0) is 30.3 Å². The zero-order valence-corrected chi connectivity index (χ0v) is 15.3. The topological polar surface area (TPSA) is 61.8 Å². The minimum atomic E-state index is 0.567. The van der Waals surface area contributed by atoms with Crippen molar-refractivity contribution < 1.29 is 18.9 Å². The van der Waals surface area contributed by atoms with Crippen molar-refractivity contribution in [1.29, 1.82) is 0 Å². The summed E-state index contributed by atoms with van der Waals surface area (Å²) in [5, 5.41) is 6.08. The molecule has 0 saturated carbocycles. The maximum absolute atomic E-state index is 5.65. The summed E-state index contributed by atoms with van der Waals surface area (Å²) in [6.45, 7) is 1.15. The highest BCUT2D eigenvalue weighted by Gasteiger charge is 2.14. The van der Waals surface area contributed by atoms with Gasteiger partial charge in [0.05, 0.1) is 25.6 Å². The van der Waals surface area contributed by atoms with Crippen molar-refractivity contribution in [3.63, 3.8) is 0 Å². The Kier molecular flexibility index (Phi) is 4.53. The molecule has 3 aromatic rings. The molecule has 0 amide bonds. The highest BCUT2D eigenvalue weighted by molar-refractivity contribution is 7.14. The molecule has 6 nitrogen and oxygen atoms in total. The van der Waals surface area contributed by atoms with Crippen LogP contribution in [0.2, 0.25) is 0 Å². The molecule has 0 aliphatic carbocycles. The van der Waals surface area contributed by atoms with Crippen molar-refractivity contribution in [2.45, 2.75) is 0 Å². The number of thiazole rings is 1. The molecule has 0 saturated heterocycles. The zero-order chi connectivity index (χ0) is 17.9. The van der Waals surface area contributed by atoms with E-state index in [1.54, 1.807) is 14.2 Å². The van der Waals surface area contributed by atoms with Crippen molar-refractivity contribution in [3.05, 3.63) is 41.8 Å². The molecule has 2 heterocycles. The summed E-state index contributed by atoms with van der Waals surface area (Å²) in [5.41, 5.74) is 2.69. The van der Waals surface area contributed by atoms with Crippen LogP contribution in [0.3, 0.4) is 0 Å². The maximum atomic E-state index is 5.65. The molecule has 4 rings (SSSR count). The normalized spacial score (nSPS) is 12.5. The van der Waals surface area contributed by atoms with E-state index in [1.165, 1.54) is 11.3 Å². The molecule has 1 aromatic heterocycles. The van der Waals surface area contributed by atoms with Crippen molar-refractivity contribution in [2.24, 2.45) is 0 Å². The monoisotopic (exact) mass is 370 g/mol. The molecular formula is C19H18N2O4S. The molecule has 0 spiro atoms. The third-order valence-corrected chi connectivity index (χ3v) is 4.75.